The average Bonchev–Trinajstić information content (AvgIpc) is 2.46. The summed E-state index contributed by atoms with van der Waals surface area (Å²) in [5.74, 6) is 0. The molecule has 0 unspecified atom stereocenters. The van der Waals surface area contributed by atoms with Crippen molar-refractivity contribution in [3.8, 4) is 0 Å². The fourth-order valence-corrected chi connectivity index (χ4v) is 2.80. The molecule has 2 heteroatoms. The lowest BCUT2D eigenvalue weighted by atomic mass is 10.0. The second-order valence-electron chi connectivity index (χ2n) is 4.86. The summed E-state index contributed by atoms with van der Waals surface area (Å²) >= 11 is 6.54. The number of benzene rings is 2. The van der Waals surface area contributed by atoms with E-state index in [0.29, 0.717) is 0 Å². The van der Waals surface area contributed by atoms with Crippen molar-refractivity contribution >= 4 is 33.4 Å². The van der Waals surface area contributed by atoms with Crippen LogP contribution in [0.25, 0.3) is 21.8 Å². The van der Waals surface area contributed by atoms with Crippen LogP contribution in [0.4, 0.5) is 0 Å². The first-order valence-electron chi connectivity index (χ1n) is 6.77. The zero-order chi connectivity index (χ0) is 13.2. The van der Waals surface area contributed by atoms with E-state index in [1.165, 1.54) is 18.4 Å². The topological polar surface area (TPSA) is 12.9 Å². The zero-order valence-electron chi connectivity index (χ0n) is 11.0. The molecule has 3 aromatic rings. The van der Waals surface area contributed by atoms with E-state index in [-0.39, 0.29) is 0 Å². The van der Waals surface area contributed by atoms with Crippen molar-refractivity contribution in [3.63, 3.8) is 0 Å². The number of halogens is 1. The number of aryl methyl sites for hydroxylation is 1. The number of rotatable bonds is 3. The summed E-state index contributed by atoms with van der Waals surface area (Å²) in [5, 5.41) is 2.91. The first-order valence-corrected chi connectivity index (χ1v) is 7.15. The van der Waals surface area contributed by atoms with Gasteiger partial charge >= 0.3 is 0 Å². The van der Waals surface area contributed by atoms with Crippen molar-refractivity contribution in [2.75, 3.05) is 0 Å². The predicted molar refractivity (Wildman–Crippen MR) is 82.9 cm³/mol. The molecule has 0 spiro atoms. The van der Waals surface area contributed by atoms with E-state index < -0.39 is 0 Å². The van der Waals surface area contributed by atoms with Crippen LogP contribution in [-0.2, 0) is 6.42 Å². The number of hydrogen-bond donors (Lipinski definition) is 0. The quantitative estimate of drug-likeness (QED) is 0.582. The number of para-hydroxylation sites is 2. The first-order chi connectivity index (χ1) is 9.31. The molecule has 0 aliphatic carbocycles. The molecule has 0 N–H and O–H groups in total. The van der Waals surface area contributed by atoms with Crippen LogP contribution in [0.1, 0.15) is 25.3 Å². The number of unbranched alkanes of at least 4 members (excludes halogenated alkanes) is 1. The zero-order valence-corrected chi connectivity index (χ0v) is 11.7. The molecule has 96 valence electrons. The second kappa shape index (κ2) is 5.18. The van der Waals surface area contributed by atoms with Gasteiger partial charge in [-0.2, -0.15) is 0 Å². The molecule has 1 heterocycles. The van der Waals surface area contributed by atoms with Gasteiger partial charge in [-0.15, -0.1) is 0 Å². The van der Waals surface area contributed by atoms with Crippen LogP contribution in [0.15, 0.2) is 42.5 Å². The van der Waals surface area contributed by atoms with Crippen molar-refractivity contribution in [3.05, 3.63) is 53.1 Å². The summed E-state index contributed by atoms with van der Waals surface area (Å²) in [6.45, 7) is 2.21. The second-order valence-corrected chi connectivity index (χ2v) is 5.24. The van der Waals surface area contributed by atoms with E-state index >= 15 is 0 Å². The molecule has 0 fully saturated rings. The molecule has 19 heavy (non-hydrogen) atoms. The third-order valence-corrected chi connectivity index (χ3v) is 3.94. The third-order valence-electron chi connectivity index (χ3n) is 3.53. The highest BCUT2D eigenvalue weighted by Crippen LogP contribution is 2.32. The fraction of sp³-hybridized carbons (Fsp3) is 0.235. The molecule has 0 aliphatic rings. The maximum absolute atomic E-state index is 6.54. The Hall–Kier alpha value is -1.60. The van der Waals surface area contributed by atoms with Crippen LogP contribution in [0.5, 0.6) is 0 Å². The molecular formula is C17H16ClN. The lowest BCUT2D eigenvalue weighted by Crippen LogP contribution is -1.92. The summed E-state index contributed by atoms with van der Waals surface area (Å²) in [6.07, 6.45) is 3.44. The van der Waals surface area contributed by atoms with Gasteiger partial charge in [-0.05, 0) is 24.5 Å². The van der Waals surface area contributed by atoms with E-state index in [4.69, 9.17) is 16.6 Å². The monoisotopic (exact) mass is 269 g/mol. The number of nitrogens with zero attached hydrogens (tertiary/aromatic N) is 1. The minimum Gasteiger partial charge on any atom is -0.247 e. The Kier molecular flexibility index (Phi) is 3.39. The lowest BCUT2D eigenvalue weighted by Gasteiger charge is -2.09. The molecule has 0 saturated carbocycles. The van der Waals surface area contributed by atoms with Gasteiger partial charge in [-0.1, -0.05) is 61.3 Å². The summed E-state index contributed by atoms with van der Waals surface area (Å²) < 4.78 is 0. The van der Waals surface area contributed by atoms with E-state index in [1.54, 1.807) is 0 Å². The van der Waals surface area contributed by atoms with Crippen LogP contribution < -0.4 is 0 Å². The Balaban J connectivity index is 2.31. The average molecular weight is 270 g/mol. The summed E-state index contributed by atoms with van der Waals surface area (Å²) in [4.78, 5) is 4.81. The number of pyridine rings is 1. The van der Waals surface area contributed by atoms with Crippen molar-refractivity contribution in [1.82, 2.24) is 4.98 Å². The molecule has 2 aromatic carbocycles. The Morgan fingerprint density at radius 2 is 1.79 bits per heavy atom. The molecule has 0 bridgehead atoms. The van der Waals surface area contributed by atoms with Gasteiger partial charge in [0.2, 0.25) is 0 Å². The van der Waals surface area contributed by atoms with Crippen LogP contribution >= 0.6 is 11.6 Å². The van der Waals surface area contributed by atoms with Gasteiger partial charge in [-0.25, -0.2) is 4.98 Å². The molecule has 0 radical (unpaired) electrons. The maximum Gasteiger partial charge on any atom is 0.0756 e. The van der Waals surface area contributed by atoms with Crippen LogP contribution in [0, 0.1) is 0 Å². The fourth-order valence-electron chi connectivity index (χ4n) is 2.49. The highest BCUT2D eigenvalue weighted by atomic mass is 35.5. The first kappa shape index (κ1) is 12.4. The summed E-state index contributed by atoms with van der Waals surface area (Å²) in [5.41, 5.74) is 3.33. The number of hydrogen-bond acceptors (Lipinski definition) is 1. The highest BCUT2D eigenvalue weighted by molar-refractivity contribution is 6.40. The number of fused-ring (bicyclic) bond motifs is 2. The van der Waals surface area contributed by atoms with Crippen molar-refractivity contribution < 1.29 is 0 Å². The van der Waals surface area contributed by atoms with Crippen molar-refractivity contribution in [2.45, 2.75) is 26.2 Å². The Labute approximate surface area is 118 Å². The Morgan fingerprint density at radius 1 is 1.00 bits per heavy atom. The smallest absolute Gasteiger partial charge is 0.0756 e. The van der Waals surface area contributed by atoms with Gasteiger partial charge in [0.05, 0.1) is 16.1 Å². The number of aromatic nitrogens is 1. The predicted octanol–water partition coefficient (Wildman–Crippen LogP) is 5.38. The van der Waals surface area contributed by atoms with Crippen LogP contribution in [0.2, 0.25) is 5.02 Å². The largest absolute Gasteiger partial charge is 0.247 e. The Morgan fingerprint density at radius 3 is 2.63 bits per heavy atom. The molecule has 0 atom stereocenters. The van der Waals surface area contributed by atoms with E-state index in [2.05, 4.69) is 25.1 Å². The molecular weight excluding hydrogens is 254 g/mol. The molecule has 0 saturated heterocycles. The molecule has 1 nitrogen and oxygen atoms in total. The van der Waals surface area contributed by atoms with Gasteiger partial charge in [0, 0.05) is 10.8 Å². The van der Waals surface area contributed by atoms with Gasteiger partial charge in [0.1, 0.15) is 0 Å². The molecule has 1 aromatic heterocycles. The molecule has 0 aliphatic heterocycles. The molecule has 3 rings (SSSR count). The minimum atomic E-state index is 0.818. The summed E-state index contributed by atoms with van der Waals surface area (Å²) in [6, 6.07) is 14.4. The van der Waals surface area contributed by atoms with Crippen LogP contribution in [0.3, 0.4) is 0 Å². The lowest BCUT2D eigenvalue weighted by molar-refractivity contribution is 0.798. The molecule has 0 amide bonds. The third kappa shape index (κ3) is 2.19. The van der Waals surface area contributed by atoms with E-state index in [1.807, 2.05) is 24.3 Å². The maximum atomic E-state index is 6.54. The van der Waals surface area contributed by atoms with Gasteiger partial charge in [0.15, 0.2) is 0 Å². The minimum absolute atomic E-state index is 0.818. The highest BCUT2D eigenvalue weighted by Gasteiger charge is 2.09. The van der Waals surface area contributed by atoms with Crippen molar-refractivity contribution in [2.24, 2.45) is 0 Å². The van der Waals surface area contributed by atoms with Gasteiger partial charge in [0.25, 0.3) is 0 Å². The normalized spacial score (nSPS) is 11.3. The van der Waals surface area contributed by atoms with Gasteiger partial charge < -0.3 is 0 Å². The van der Waals surface area contributed by atoms with E-state index in [0.717, 1.165) is 33.2 Å². The Bertz CT molecular complexity index is 734. The van der Waals surface area contributed by atoms with Gasteiger partial charge in [-0.3, -0.25) is 0 Å². The van der Waals surface area contributed by atoms with E-state index in [9.17, 15) is 0 Å². The van der Waals surface area contributed by atoms with Crippen LogP contribution in [-0.4, -0.2) is 4.98 Å². The van der Waals surface area contributed by atoms with Crippen molar-refractivity contribution in [1.29, 1.82) is 0 Å². The summed E-state index contributed by atoms with van der Waals surface area (Å²) in [7, 11) is 0. The SMILES string of the molecule is CCCCc1cccc2c(Cl)c3ccccc3nc12. The standard InChI is InChI=1S/C17H16ClN/c1-2-3-7-12-8-6-10-14-16(18)13-9-4-5-11-15(13)19-17(12)14/h4-6,8-11H,2-3,7H2,1H3.